The minimum Gasteiger partial charge on any atom is -0.444 e. The number of benzene rings is 1. The van der Waals surface area contributed by atoms with Gasteiger partial charge in [-0.05, 0) is 52.3 Å². The monoisotopic (exact) mass is 413 g/mol. The topological polar surface area (TPSA) is 87.7 Å². The molecule has 7 heteroatoms. The molecule has 0 fully saturated rings. The Hall–Kier alpha value is -3.27. The molecular weight excluding hydrogens is 382 g/mol. The van der Waals surface area contributed by atoms with Crippen molar-refractivity contribution in [1.29, 1.82) is 0 Å². The van der Waals surface area contributed by atoms with Gasteiger partial charge in [0.1, 0.15) is 18.2 Å². The van der Waals surface area contributed by atoms with Gasteiger partial charge in [-0.2, -0.15) is 0 Å². The Labute approximate surface area is 178 Å². The van der Waals surface area contributed by atoms with E-state index in [4.69, 9.17) is 11.2 Å². The average Bonchev–Trinajstić information content (AvgIpc) is 2.64. The van der Waals surface area contributed by atoms with Gasteiger partial charge in [-0.15, -0.1) is 13.0 Å². The van der Waals surface area contributed by atoms with E-state index in [1.165, 1.54) is 11.0 Å². The highest BCUT2D eigenvalue weighted by Gasteiger charge is 2.31. The molecule has 0 bridgehead atoms. The van der Waals surface area contributed by atoms with Crippen LogP contribution in [0.4, 0.5) is 4.79 Å². The number of hydrogen-bond acceptors (Lipinski definition) is 4. The standard InChI is InChI=1S/C23H31N3O4/c1-8-14-26(19(27)15-24-22(29)30-23(5,6)7)20(21(28)25-16(3)4)18-12-10-17(9-2)11-13-18/h2,8,10-13,16,20H,1,14-15H2,3-7H3,(H,24,29)(H,25,28). The molecule has 7 nitrogen and oxygen atoms in total. The molecule has 0 radical (unpaired) electrons. The van der Waals surface area contributed by atoms with Crippen LogP contribution in [0, 0.1) is 12.3 Å². The molecule has 0 saturated heterocycles. The molecule has 1 aromatic rings. The van der Waals surface area contributed by atoms with Crippen molar-refractivity contribution in [2.24, 2.45) is 0 Å². The third-order valence-electron chi connectivity index (χ3n) is 3.81. The molecule has 0 heterocycles. The Morgan fingerprint density at radius 3 is 2.30 bits per heavy atom. The molecule has 0 spiro atoms. The Morgan fingerprint density at radius 2 is 1.83 bits per heavy atom. The summed E-state index contributed by atoms with van der Waals surface area (Å²) in [7, 11) is 0. The first-order valence-corrected chi connectivity index (χ1v) is 9.72. The maximum Gasteiger partial charge on any atom is 0.408 e. The molecule has 1 unspecified atom stereocenters. The first kappa shape index (κ1) is 24.8. The quantitative estimate of drug-likeness (QED) is 0.507. The number of nitrogens with zero attached hydrogens (tertiary/aromatic N) is 1. The second-order valence-corrected chi connectivity index (χ2v) is 8.02. The minimum absolute atomic E-state index is 0.113. The first-order chi connectivity index (χ1) is 14.0. The lowest BCUT2D eigenvalue weighted by Gasteiger charge is -2.31. The summed E-state index contributed by atoms with van der Waals surface area (Å²) in [6.45, 7) is 12.3. The predicted octanol–water partition coefficient (Wildman–Crippen LogP) is 2.77. The Balaban J connectivity index is 3.14. The Kier molecular flexibility index (Phi) is 9.13. The second-order valence-electron chi connectivity index (χ2n) is 8.02. The molecule has 162 valence electrons. The van der Waals surface area contributed by atoms with Gasteiger partial charge in [0.15, 0.2) is 0 Å². The van der Waals surface area contributed by atoms with Crippen molar-refractivity contribution in [3.63, 3.8) is 0 Å². The van der Waals surface area contributed by atoms with Crippen molar-refractivity contribution in [3.05, 3.63) is 48.0 Å². The van der Waals surface area contributed by atoms with Gasteiger partial charge in [0.2, 0.25) is 11.8 Å². The zero-order valence-electron chi connectivity index (χ0n) is 18.3. The van der Waals surface area contributed by atoms with Gasteiger partial charge in [0.05, 0.1) is 0 Å². The van der Waals surface area contributed by atoms with E-state index in [1.54, 1.807) is 45.0 Å². The Bertz CT molecular complexity index is 801. The number of carbonyl (C=O) groups excluding carboxylic acids is 3. The average molecular weight is 414 g/mol. The summed E-state index contributed by atoms with van der Waals surface area (Å²) in [6.07, 6.45) is 6.22. The number of rotatable bonds is 8. The van der Waals surface area contributed by atoms with E-state index in [2.05, 4.69) is 23.1 Å². The number of ether oxygens (including phenoxy) is 1. The van der Waals surface area contributed by atoms with Crippen molar-refractivity contribution in [2.75, 3.05) is 13.1 Å². The summed E-state index contributed by atoms with van der Waals surface area (Å²) >= 11 is 0. The molecule has 0 aliphatic heterocycles. The Morgan fingerprint density at radius 1 is 1.23 bits per heavy atom. The molecule has 3 amide bonds. The fourth-order valence-corrected chi connectivity index (χ4v) is 2.65. The van der Waals surface area contributed by atoms with Gasteiger partial charge in [-0.25, -0.2) is 4.79 Å². The minimum atomic E-state index is -0.912. The largest absolute Gasteiger partial charge is 0.444 e. The van der Waals surface area contributed by atoms with E-state index >= 15 is 0 Å². The van der Waals surface area contributed by atoms with E-state index in [0.717, 1.165) is 0 Å². The van der Waals surface area contributed by atoms with Crippen LogP contribution >= 0.6 is 0 Å². The fourth-order valence-electron chi connectivity index (χ4n) is 2.65. The van der Waals surface area contributed by atoms with Crippen LogP contribution in [0.3, 0.4) is 0 Å². The number of alkyl carbamates (subject to hydrolysis) is 1. The number of nitrogens with one attached hydrogen (secondary N) is 2. The van der Waals surface area contributed by atoms with Gasteiger partial charge < -0.3 is 20.3 Å². The molecule has 0 saturated carbocycles. The van der Waals surface area contributed by atoms with Crippen molar-refractivity contribution in [1.82, 2.24) is 15.5 Å². The van der Waals surface area contributed by atoms with E-state index in [-0.39, 0.29) is 25.0 Å². The summed E-state index contributed by atoms with van der Waals surface area (Å²) in [5, 5.41) is 5.28. The molecule has 0 aromatic heterocycles. The zero-order chi connectivity index (χ0) is 22.9. The summed E-state index contributed by atoms with van der Waals surface area (Å²) in [5.41, 5.74) is 0.571. The van der Waals surface area contributed by atoms with Gasteiger partial charge in [-0.1, -0.05) is 24.1 Å². The van der Waals surface area contributed by atoms with Crippen LogP contribution in [0.1, 0.15) is 51.8 Å². The summed E-state index contributed by atoms with van der Waals surface area (Å²) in [4.78, 5) is 39.2. The van der Waals surface area contributed by atoms with E-state index in [9.17, 15) is 14.4 Å². The van der Waals surface area contributed by atoms with Crippen LogP contribution in [0.15, 0.2) is 36.9 Å². The van der Waals surface area contributed by atoms with Gasteiger partial charge in [-0.3, -0.25) is 9.59 Å². The first-order valence-electron chi connectivity index (χ1n) is 9.72. The highest BCUT2D eigenvalue weighted by Crippen LogP contribution is 2.22. The van der Waals surface area contributed by atoms with Crippen molar-refractivity contribution >= 4 is 17.9 Å². The normalized spacial score (nSPS) is 11.8. The van der Waals surface area contributed by atoms with Crippen LogP contribution in [0.25, 0.3) is 0 Å². The van der Waals surface area contributed by atoms with Crippen molar-refractivity contribution in [3.8, 4) is 12.3 Å². The molecule has 0 aliphatic carbocycles. The zero-order valence-corrected chi connectivity index (χ0v) is 18.3. The SMILES string of the molecule is C#Cc1ccc(C(C(=O)NC(C)C)N(CC=C)C(=O)CNC(=O)OC(C)(C)C)cc1. The maximum absolute atomic E-state index is 13.0. The summed E-state index contributed by atoms with van der Waals surface area (Å²) < 4.78 is 5.16. The highest BCUT2D eigenvalue weighted by atomic mass is 16.6. The summed E-state index contributed by atoms with van der Waals surface area (Å²) in [6, 6.07) is 5.81. The van der Waals surface area contributed by atoms with Crippen LogP contribution in [0.2, 0.25) is 0 Å². The lowest BCUT2D eigenvalue weighted by atomic mass is 10.0. The second kappa shape index (κ2) is 11.1. The third kappa shape index (κ3) is 8.00. The molecule has 0 aliphatic rings. The van der Waals surface area contributed by atoms with Crippen LogP contribution in [-0.2, 0) is 14.3 Å². The fraction of sp³-hybridized carbons (Fsp3) is 0.435. The molecule has 2 N–H and O–H groups in total. The maximum atomic E-state index is 13.0. The number of carbonyl (C=O) groups is 3. The van der Waals surface area contributed by atoms with Crippen molar-refractivity contribution in [2.45, 2.75) is 52.3 Å². The van der Waals surface area contributed by atoms with E-state index in [1.807, 2.05) is 13.8 Å². The highest BCUT2D eigenvalue weighted by molar-refractivity contribution is 5.90. The number of hydrogen-bond donors (Lipinski definition) is 2. The van der Waals surface area contributed by atoms with Crippen molar-refractivity contribution < 1.29 is 19.1 Å². The number of amides is 3. The van der Waals surface area contributed by atoms with Gasteiger partial charge >= 0.3 is 6.09 Å². The lowest BCUT2D eigenvalue weighted by molar-refractivity contribution is -0.139. The number of terminal acetylenes is 1. The van der Waals surface area contributed by atoms with E-state index < -0.39 is 23.6 Å². The molecular formula is C23H31N3O4. The van der Waals surface area contributed by atoms with Gasteiger partial charge in [0.25, 0.3) is 0 Å². The third-order valence-corrected chi connectivity index (χ3v) is 3.81. The van der Waals surface area contributed by atoms with Gasteiger partial charge in [0, 0.05) is 18.2 Å². The van der Waals surface area contributed by atoms with Crippen LogP contribution in [-0.4, -0.2) is 47.5 Å². The molecule has 1 rings (SSSR count). The van der Waals surface area contributed by atoms with Crippen LogP contribution in [0.5, 0.6) is 0 Å². The van der Waals surface area contributed by atoms with E-state index in [0.29, 0.717) is 11.1 Å². The molecule has 1 aromatic carbocycles. The summed E-state index contributed by atoms with van der Waals surface area (Å²) in [5.74, 6) is 1.73. The molecule has 30 heavy (non-hydrogen) atoms. The lowest BCUT2D eigenvalue weighted by Crippen LogP contribution is -2.48. The predicted molar refractivity (Wildman–Crippen MR) is 117 cm³/mol. The smallest absolute Gasteiger partial charge is 0.408 e. The van der Waals surface area contributed by atoms with Crippen LogP contribution < -0.4 is 10.6 Å². The molecule has 1 atom stereocenters.